The van der Waals surface area contributed by atoms with Crippen molar-refractivity contribution < 1.29 is 9.53 Å². The Morgan fingerprint density at radius 1 is 1.45 bits per heavy atom. The second kappa shape index (κ2) is 6.58. The zero-order valence-corrected chi connectivity index (χ0v) is 13.6. The molecule has 1 aliphatic carbocycles. The van der Waals surface area contributed by atoms with Crippen LogP contribution in [0, 0.1) is 6.92 Å². The number of anilines is 1. The van der Waals surface area contributed by atoms with Crippen LogP contribution in [0.2, 0.25) is 0 Å². The van der Waals surface area contributed by atoms with E-state index in [2.05, 4.69) is 20.6 Å². The maximum atomic E-state index is 12.3. The predicted octanol–water partition coefficient (Wildman–Crippen LogP) is 2.34. The average Bonchev–Trinajstić information content (AvgIpc) is 3.26. The number of nitrogens with zero attached hydrogens (tertiary/aromatic N) is 2. The molecule has 0 radical (unpaired) electrons. The third kappa shape index (κ3) is 3.20. The Balaban J connectivity index is 1.83. The van der Waals surface area contributed by atoms with E-state index in [1.807, 2.05) is 6.92 Å². The molecule has 2 aromatic heterocycles. The lowest BCUT2D eigenvalue weighted by Crippen LogP contribution is -2.25. The molecule has 1 saturated carbocycles. The van der Waals surface area contributed by atoms with Gasteiger partial charge in [-0.25, -0.2) is 9.97 Å². The molecule has 6 nitrogen and oxygen atoms in total. The van der Waals surface area contributed by atoms with Gasteiger partial charge in [0.25, 0.3) is 5.91 Å². The highest BCUT2D eigenvalue weighted by molar-refractivity contribution is 7.20. The Bertz CT molecular complexity index is 681. The van der Waals surface area contributed by atoms with E-state index >= 15 is 0 Å². The number of hydrogen-bond donors (Lipinski definition) is 2. The topological polar surface area (TPSA) is 76.1 Å². The van der Waals surface area contributed by atoms with Gasteiger partial charge in [-0.05, 0) is 31.7 Å². The molecular weight excluding hydrogens is 300 g/mol. The maximum absolute atomic E-state index is 12.3. The van der Waals surface area contributed by atoms with Crippen molar-refractivity contribution in [3.05, 3.63) is 16.8 Å². The molecule has 1 fully saturated rings. The molecule has 2 heterocycles. The molecule has 0 spiro atoms. The van der Waals surface area contributed by atoms with Crippen molar-refractivity contribution in [1.29, 1.82) is 0 Å². The second-order valence-corrected chi connectivity index (χ2v) is 6.48. The first-order valence-corrected chi connectivity index (χ1v) is 8.30. The number of thiophene rings is 1. The summed E-state index contributed by atoms with van der Waals surface area (Å²) in [5.74, 6) is 0.800. The molecule has 0 bridgehead atoms. The highest BCUT2D eigenvalue weighted by atomic mass is 32.1. The van der Waals surface area contributed by atoms with Gasteiger partial charge in [-0.15, -0.1) is 11.3 Å². The van der Waals surface area contributed by atoms with Gasteiger partial charge in [0.05, 0.1) is 10.3 Å². The van der Waals surface area contributed by atoms with Crippen molar-refractivity contribution in [2.45, 2.75) is 32.2 Å². The molecule has 0 saturated heterocycles. The standard InChI is InChI=1S/C15H20N4O2S/c1-9-11-13(16-6-3-7-21-2)17-8-18-15(11)22-12(9)14(20)19-10-4-5-10/h8,10H,3-7H2,1-2H3,(H,19,20)(H,16,17,18). The van der Waals surface area contributed by atoms with Crippen LogP contribution in [0.5, 0.6) is 0 Å². The quantitative estimate of drug-likeness (QED) is 0.766. The SMILES string of the molecule is COCCCNc1ncnc2sc(C(=O)NC3CC3)c(C)c12. The third-order valence-corrected chi connectivity index (χ3v) is 4.86. The van der Waals surface area contributed by atoms with Gasteiger partial charge in [0.1, 0.15) is 17.0 Å². The van der Waals surface area contributed by atoms with Crippen LogP contribution in [0.15, 0.2) is 6.33 Å². The van der Waals surface area contributed by atoms with Crippen molar-refractivity contribution in [3.63, 3.8) is 0 Å². The number of rotatable bonds is 7. The van der Waals surface area contributed by atoms with E-state index in [0.29, 0.717) is 12.6 Å². The number of ether oxygens (including phenoxy) is 1. The van der Waals surface area contributed by atoms with E-state index in [1.165, 1.54) is 11.3 Å². The normalized spacial score (nSPS) is 14.3. The van der Waals surface area contributed by atoms with Crippen LogP contribution in [-0.4, -0.2) is 42.2 Å². The van der Waals surface area contributed by atoms with Gasteiger partial charge in [-0.3, -0.25) is 4.79 Å². The van der Waals surface area contributed by atoms with Crippen molar-refractivity contribution in [2.24, 2.45) is 0 Å². The summed E-state index contributed by atoms with van der Waals surface area (Å²) in [5.41, 5.74) is 0.952. The van der Waals surface area contributed by atoms with Gasteiger partial charge in [0, 0.05) is 26.3 Å². The number of carbonyl (C=O) groups is 1. The second-order valence-electron chi connectivity index (χ2n) is 5.48. The molecule has 3 rings (SSSR count). The molecule has 1 amide bonds. The molecule has 2 aromatic rings. The van der Waals surface area contributed by atoms with Crippen LogP contribution in [0.4, 0.5) is 5.82 Å². The van der Waals surface area contributed by atoms with Gasteiger partial charge in [0.2, 0.25) is 0 Å². The summed E-state index contributed by atoms with van der Waals surface area (Å²) < 4.78 is 5.05. The van der Waals surface area contributed by atoms with Gasteiger partial charge < -0.3 is 15.4 Å². The average molecular weight is 320 g/mol. The smallest absolute Gasteiger partial charge is 0.261 e. The van der Waals surface area contributed by atoms with Crippen LogP contribution < -0.4 is 10.6 Å². The fourth-order valence-corrected chi connectivity index (χ4v) is 3.38. The molecule has 7 heteroatoms. The Morgan fingerprint density at radius 3 is 3.00 bits per heavy atom. The number of amides is 1. The van der Waals surface area contributed by atoms with Crippen LogP contribution in [0.3, 0.4) is 0 Å². The Kier molecular flexibility index (Phi) is 4.54. The Labute approximate surface area is 133 Å². The highest BCUT2D eigenvalue weighted by Crippen LogP contribution is 2.33. The zero-order valence-electron chi connectivity index (χ0n) is 12.8. The molecule has 0 atom stereocenters. The van der Waals surface area contributed by atoms with Crippen molar-refractivity contribution in [3.8, 4) is 0 Å². The van der Waals surface area contributed by atoms with E-state index in [1.54, 1.807) is 13.4 Å². The first-order chi connectivity index (χ1) is 10.7. The van der Waals surface area contributed by atoms with Crippen LogP contribution in [0.1, 0.15) is 34.5 Å². The van der Waals surface area contributed by atoms with E-state index < -0.39 is 0 Å². The summed E-state index contributed by atoms with van der Waals surface area (Å²) >= 11 is 1.43. The minimum Gasteiger partial charge on any atom is -0.385 e. The van der Waals surface area contributed by atoms with E-state index in [9.17, 15) is 4.79 Å². The number of carbonyl (C=O) groups excluding carboxylic acids is 1. The monoisotopic (exact) mass is 320 g/mol. The van der Waals surface area contributed by atoms with Crippen molar-refractivity contribution in [2.75, 3.05) is 25.6 Å². The lowest BCUT2D eigenvalue weighted by atomic mass is 10.2. The van der Waals surface area contributed by atoms with E-state index in [4.69, 9.17) is 4.74 Å². The largest absolute Gasteiger partial charge is 0.385 e. The van der Waals surface area contributed by atoms with Crippen LogP contribution in [-0.2, 0) is 4.74 Å². The zero-order chi connectivity index (χ0) is 15.5. The number of aryl methyl sites for hydroxylation is 1. The van der Waals surface area contributed by atoms with Crippen molar-refractivity contribution in [1.82, 2.24) is 15.3 Å². The van der Waals surface area contributed by atoms with Crippen molar-refractivity contribution >= 4 is 33.3 Å². The minimum absolute atomic E-state index is 0.00772. The van der Waals surface area contributed by atoms with E-state index in [0.717, 1.165) is 52.3 Å². The fourth-order valence-electron chi connectivity index (χ4n) is 2.32. The lowest BCUT2D eigenvalue weighted by Gasteiger charge is -2.07. The first kappa shape index (κ1) is 15.2. The van der Waals surface area contributed by atoms with Gasteiger partial charge in [-0.2, -0.15) is 0 Å². The molecule has 118 valence electrons. The number of fused-ring (bicyclic) bond motifs is 1. The highest BCUT2D eigenvalue weighted by Gasteiger charge is 2.26. The number of aromatic nitrogens is 2. The van der Waals surface area contributed by atoms with Crippen LogP contribution in [0.25, 0.3) is 10.2 Å². The summed E-state index contributed by atoms with van der Waals surface area (Å²) in [7, 11) is 1.69. The summed E-state index contributed by atoms with van der Waals surface area (Å²) in [5, 5.41) is 7.30. The molecule has 0 aromatic carbocycles. The molecule has 22 heavy (non-hydrogen) atoms. The summed E-state index contributed by atoms with van der Waals surface area (Å²) in [6.45, 7) is 3.45. The first-order valence-electron chi connectivity index (χ1n) is 7.48. The van der Waals surface area contributed by atoms with Gasteiger partial charge >= 0.3 is 0 Å². The minimum atomic E-state index is 0.00772. The maximum Gasteiger partial charge on any atom is 0.261 e. The fraction of sp³-hybridized carbons (Fsp3) is 0.533. The lowest BCUT2D eigenvalue weighted by molar-refractivity contribution is 0.0954. The number of methoxy groups -OCH3 is 1. The third-order valence-electron chi connectivity index (χ3n) is 3.66. The Morgan fingerprint density at radius 2 is 2.27 bits per heavy atom. The molecule has 0 unspecified atom stereocenters. The summed E-state index contributed by atoms with van der Waals surface area (Å²) in [6, 6.07) is 0.356. The molecule has 2 N–H and O–H groups in total. The van der Waals surface area contributed by atoms with E-state index in [-0.39, 0.29) is 5.91 Å². The summed E-state index contributed by atoms with van der Waals surface area (Å²) in [4.78, 5) is 22.5. The molecule has 0 aliphatic heterocycles. The predicted molar refractivity (Wildman–Crippen MR) is 87.6 cm³/mol. The van der Waals surface area contributed by atoms with Crippen LogP contribution >= 0.6 is 11.3 Å². The molecular formula is C15H20N4O2S. The van der Waals surface area contributed by atoms with Gasteiger partial charge in [-0.1, -0.05) is 0 Å². The number of hydrogen-bond acceptors (Lipinski definition) is 6. The number of nitrogens with one attached hydrogen (secondary N) is 2. The van der Waals surface area contributed by atoms with Gasteiger partial charge in [0.15, 0.2) is 0 Å². The summed E-state index contributed by atoms with van der Waals surface area (Å²) in [6.07, 6.45) is 4.61. The molecule has 1 aliphatic rings. The Hall–Kier alpha value is -1.73.